The molecule has 0 radical (unpaired) electrons. The van der Waals surface area contributed by atoms with Crippen LogP contribution in [0.3, 0.4) is 0 Å². The monoisotopic (exact) mass is 298 g/mol. The van der Waals surface area contributed by atoms with Gasteiger partial charge in [0.25, 0.3) is 0 Å². The Morgan fingerprint density at radius 3 is 2.35 bits per heavy atom. The molecule has 0 bridgehead atoms. The van der Waals surface area contributed by atoms with Gasteiger partial charge in [0.2, 0.25) is 0 Å². The Bertz CT molecular complexity index is 617. The molecule has 106 valence electrons. The normalized spacial score (nSPS) is 12.1. The van der Waals surface area contributed by atoms with Gasteiger partial charge in [-0.25, -0.2) is 8.78 Å². The standard InChI is InChI=1S/C15H13ClF2O2/c1-19-10-4-5-11(14(8-10)20-2)15(16)12-7-9(17)3-6-13(12)18/h3-8,15H,1-2H3. The molecule has 0 amide bonds. The van der Waals surface area contributed by atoms with Gasteiger partial charge in [-0.15, -0.1) is 11.6 Å². The van der Waals surface area contributed by atoms with Gasteiger partial charge in [0.05, 0.1) is 19.6 Å². The summed E-state index contributed by atoms with van der Waals surface area (Å²) in [6.45, 7) is 0. The molecule has 0 N–H and O–H groups in total. The zero-order valence-electron chi connectivity index (χ0n) is 11.0. The maximum Gasteiger partial charge on any atom is 0.128 e. The van der Waals surface area contributed by atoms with Crippen molar-refractivity contribution in [3.63, 3.8) is 0 Å². The molecular formula is C15H13ClF2O2. The topological polar surface area (TPSA) is 18.5 Å². The first-order valence-corrected chi connectivity index (χ1v) is 6.31. The quantitative estimate of drug-likeness (QED) is 0.783. The second-order valence-corrected chi connectivity index (χ2v) is 4.57. The summed E-state index contributed by atoms with van der Waals surface area (Å²) in [7, 11) is 3.00. The molecule has 2 aromatic rings. The molecule has 0 saturated heterocycles. The van der Waals surface area contributed by atoms with Crippen LogP contribution in [0.4, 0.5) is 8.78 Å². The average Bonchev–Trinajstić information content (AvgIpc) is 2.48. The summed E-state index contributed by atoms with van der Waals surface area (Å²) in [5.41, 5.74) is 0.606. The van der Waals surface area contributed by atoms with E-state index >= 15 is 0 Å². The molecule has 2 aromatic carbocycles. The number of benzene rings is 2. The van der Waals surface area contributed by atoms with Crippen LogP contribution >= 0.6 is 11.6 Å². The van der Waals surface area contributed by atoms with Gasteiger partial charge < -0.3 is 9.47 Å². The summed E-state index contributed by atoms with van der Waals surface area (Å²) in [4.78, 5) is 0. The zero-order valence-corrected chi connectivity index (χ0v) is 11.7. The highest BCUT2D eigenvalue weighted by atomic mass is 35.5. The van der Waals surface area contributed by atoms with Gasteiger partial charge >= 0.3 is 0 Å². The third kappa shape index (κ3) is 2.85. The Hall–Kier alpha value is -1.81. The van der Waals surface area contributed by atoms with E-state index in [0.29, 0.717) is 17.1 Å². The molecule has 1 atom stereocenters. The minimum atomic E-state index is -0.855. The summed E-state index contributed by atoms with van der Waals surface area (Å²) >= 11 is 6.26. The highest BCUT2D eigenvalue weighted by Gasteiger charge is 2.20. The van der Waals surface area contributed by atoms with Crippen molar-refractivity contribution < 1.29 is 18.3 Å². The molecule has 2 rings (SSSR count). The van der Waals surface area contributed by atoms with E-state index in [1.165, 1.54) is 14.2 Å². The minimum absolute atomic E-state index is 0.0649. The average molecular weight is 299 g/mol. The Morgan fingerprint density at radius 1 is 0.950 bits per heavy atom. The van der Waals surface area contributed by atoms with Gasteiger partial charge in [0.1, 0.15) is 23.1 Å². The molecule has 0 aromatic heterocycles. The number of hydrogen-bond acceptors (Lipinski definition) is 2. The van der Waals surface area contributed by atoms with E-state index in [0.717, 1.165) is 18.2 Å². The molecule has 5 heteroatoms. The smallest absolute Gasteiger partial charge is 0.128 e. The van der Waals surface area contributed by atoms with Gasteiger partial charge in [0, 0.05) is 17.2 Å². The molecule has 0 spiro atoms. The number of rotatable bonds is 4. The van der Waals surface area contributed by atoms with Gasteiger partial charge in [-0.1, -0.05) is 0 Å². The van der Waals surface area contributed by atoms with E-state index in [9.17, 15) is 8.78 Å². The lowest BCUT2D eigenvalue weighted by molar-refractivity contribution is 0.391. The summed E-state index contributed by atoms with van der Waals surface area (Å²) in [6, 6.07) is 8.17. The molecule has 0 aliphatic heterocycles. The van der Waals surface area contributed by atoms with Crippen LogP contribution in [0.5, 0.6) is 11.5 Å². The summed E-state index contributed by atoms with van der Waals surface area (Å²) in [5, 5.41) is -0.855. The number of methoxy groups -OCH3 is 2. The maximum atomic E-state index is 13.8. The van der Waals surface area contributed by atoms with Crippen LogP contribution in [0, 0.1) is 11.6 Å². The molecule has 2 nitrogen and oxygen atoms in total. The van der Waals surface area contributed by atoms with Crippen LogP contribution in [-0.4, -0.2) is 14.2 Å². The van der Waals surface area contributed by atoms with E-state index in [2.05, 4.69) is 0 Å². The molecule has 0 heterocycles. The van der Waals surface area contributed by atoms with Crippen LogP contribution in [0.2, 0.25) is 0 Å². The lowest BCUT2D eigenvalue weighted by Gasteiger charge is -2.16. The van der Waals surface area contributed by atoms with Crippen molar-refractivity contribution in [2.24, 2.45) is 0 Å². The SMILES string of the molecule is COc1ccc(C(Cl)c2cc(F)ccc2F)c(OC)c1. The second kappa shape index (κ2) is 6.09. The van der Waals surface area contributed by atoms with E-state index in [1.54, 1.807) is 18.2 Å². The molecule has 1 unspecified atom stereocenters. The van der Waals surface area contributed by atoms with E-state index in [1.807, 2.05) is 0 Å². The summed E-state index contributed by atoms with van der Waals surface area (Å²) in [6.07, 6.45) is 0. The molecule has 0 fully saturated rings. The van der Waals surface area contributed by atoms with E-state index in [-0.39, 0.29) is 5.56 Å². The highest BCUT2D eigenvalue weighted by Crippen LogP contribution is 2.38. The second-order valence-electron chi connectivity index (χ2n) is 4.14. The Labute approximate surface area is 120 Å². The molecular weight excluding hydrogens is 286 g/mol. The van der Waals surface area contributed by atoms with Crippen molar-refractivity contribution in [1.82, 2.24) is 0 Å². The molecule has 0 saturated carbocycles. The van der Waals surface area contributed by atoms with Crippen molar-refractivity contribution in [3.05, 3.63) is 59.2 Å². The zero-order chi connectivity index (χ0) is 14.7. The molecule has 0 aliphatic rings. The van der Waals surface area contributed by atoms with Crippen LogP contribution in [0.15, 0.2) is 36.4 Å². The Morgan fingerprint density at radius 2 is 1.70 bits per heavy atom. The van der Waals surface area contributed by atoms with Crippen LogP contribution in [0.1, 0.15) is 16.5 Å². The first kappa shape index (κ1) is 14.6. The third-order valence-electron chi connectivity index (χ3n) is 2.94. The van der Waals surface area contributed by atoms with Gasteiger partial charge in [-0.3, -0.25) is 0 Å². The summed E-state index contributed by atoms with van der Waals surface area (Å²) < 4.78 is 37.3. The Balaban J connectivity index is 2.47. The fraction of sp³-hybridized carbons (Fsp3) is 0.200. The Kier molecular flexibility index (Phi) is 4.45. The van der Waals surface area contributed by atoms with Crippen molar-refractivity contribution in [2.45, 2.75) is 5.38 Å². The van der Waals surface area contributed by atoms with Gasteiger partial charge in [0.15, 0.2) is 0 Å². The van der Waals surface area contributed by atoms with Crippen molar-refractivity contribution in [1.29, 1.82) is 0 Å². The summed E-state index contributed by atoms with van der Waals surface area (Å²) in [5.74, 6) is -0.0639. The van der Waals surface area contributed by atoms with Crippen LogP contribution in [-0.2, 0) is 0 Å². The first-order chi connectivity index (χ1) is 9.56. The van der Waals surface area contributed by atoms with Gasteiger partial charge in [-0.05, 0) is 30.3 Å². The van der Waals surface area contributed by atoms with Crippen LogP contribution in [0.25, 0.3) is 0 Å². The lowest BCUT2D eigenvalue weighted by atomic mass is 10.0. The van der Waals surface area contributed by atoms with E-state index < -0.39 is 17.0 Å². The molecule has 0 aliphatic carbocycles. The predicted octanol–water partition coefficient (Wildman–Crippen LogP) is 4.31. The van der Waals surface area contributed by atoms with Crippen molar-refractivity contribution in [2.75, 3.05) is 14.2 Å². The van der Waals surface area contributed by atoms with Gasteiger partial charge in [-0.2, -0.15) is 0 Å². The fourth-order valence-electron chi connectivity index (χ4n) is 1.90. The largest absolute Gasteiger partial charge is 0.497 e. The lowest BCUT2D eigenvalue weighted by Crippen LogP contribution is -2.01. The third-order valence-corrected chi connectivity index (χ3v) is 3.41. The van der Waals surface area contributed by atoms with E-state index in [4.69, 9.17) is 21.1 Å². The number of alkyl halides is 1. The molecule has 20 heavy (non-hydrogen) atoms. The first-order valence-electron chi connectivity index (χ1n) is 5.87. The number of halogens is 3. The maximum absolute atomic E-state index is 13.8. The minimum Gasteiger partial charge on any atom is -0.497 e. The fourth-order valence-corrected chi connectivity index (χ4v) is 2.25. The predicted molar refractivity (Wildman–Crippen MR) is 73.6 cm³/mol. The van der Waals surface area contributed by atoms with Crippen LogP contribution < -0.4 is 9.47 Å². The number of ether oxygens (including phenoxy) is 2. The van der Waals surface area contributed by atoms with Crippen molar-refractivity contribution in [3.8, 4) is 11.5 Å². The van der Waals surface area contributed by atoms with Crippen molar-refractivity contribution >= 4 is 11.6 Å². The highest BCUT2D eigenvalue weighted by molar-refractivity contribution is 6.22. The number of hydrogen-bond donors (Lipinski definition) is 0.